The van der Waals surface area contributed by atoms with E-state index in [1.54, 1.807) is 24.5 Å². The third-order valence-corrected chi connectivity index (χ3v) is 7.20. The molecule has 6 heteroatoms. The average Bonchev–Trinajstić information content (AvgIpc) is 3.28. The number of rotatable bonds is 9. The average molecular weight is 452 g/mol. The van der Waals surface area contributed by atoms with Gasteiger partial charge in [-0.25, -0.2) is 4.98 Å². The first-order valence-corrected chi connectivity index (χ1v) is 12.3. The second-order valence-corrected chi connectivity index (χ2v) is 9.57. The maximum atomic E-state index is 10.1. The Morgan fingerprint density at radius 2 is 1.88 bits per heavy atom. The lowest BCUT2D eigenvalue weighted by Gasteiger charge is -2.29. The molecule has 32 heavy (non-hydrogen) atoms. The standard InChI is InChI=1S/C26H33N3O2S/c1-18-3-7-20(8-4-18)24-17-32-26(29-24)27-14-13-19-5-10-22(11-6-19)28-16-21-9-12-23(31-2)15-25(21)30/h3-4,7-9,12,15,17,19,22,28,30H,5-6,10-11,13-14,16H2,1-2H3,(H,27,29)/t19-,22+. The lowest BCUT2D eigenvalue weighted by molar-refractivity contribution is 0.282. The summed E-state index contributed by atoms with van der Waals surface area (Å²) in [6.07, 6.45) is 6.07. The van der Waals surface area contributed by atoms with Gasteiger partial charge in [0.2, 0.25) is 0 Å². The van der Waals surface area contributed by atoms with Crippen molar-refractivity contribution in [2.75, 3.05) is 19.0 Å². The number of nitrogens with zero attached hydrogens (tertiary/aromatic N) is 1. The first-order valence-electron chi connectivity index (χ1n) is 11.5. The SMILES string of the molecule is COc1ccc(CN[C@H]2CC[C@@H](CCNc3nc(-c4ccc(C)cc4)cs3)CC2)c(O)c1. The van der Waals surface area contributed by atoms with Crippen LogP contribution in [0.25, 0.3) is 11.3 Å². The zero-order valence-electron chi connectivity index (χ0n) is 18.9. The molecule has 3 aromatic rings. The van der Waals surface area contributed by atoms with Gasteiger partial charge in [-0.2, -0.15) is 0 Å². The van der Waals surface area contributed by atoms with Gasteiger partial charge in [-0.15, -0.1) is 11.3 Å². The number of phenols is 1. The van der Waals surface area contributed by atoms with Crippen molar-refractivity contribution in [1.29, 1.82) is 0 Å². The van der Waals surface area contributed by atoms with Crippen molar-refractivity contribution in [3.63, 3.8) is 0 Å². The van der Waals surface area contributed by atoms with Gasteiger partial charge < -0.3 is 20.5 Å². The van der Waals surface area contributed by atoms with E-state index >= 15 is 0 Å². The van der Waals surface area contributed by atoms with Crippen LogP contribution in [0.4, 0.5) is 5.13 Å². The fourth-order valence-corrected chi connectivity index (χ4v) is 5.07. The van der Waals surface area contributed by atoms with Gasteiger partial charge in [-0.05, 0) is 51.0 Å². The summed E-state index contributed by atoms with van der Waals surface area (Å²) in [6.45, 7) is 3.77. The summed E-state index contributed by atoms with van der Waals surface area (Å²) in [7, 11) is 1.61. The molecule has 1 aromatic heterocycles. The van der Waals surface area contributed by atoms with Gasteiger partial charge in [0, 0.05) is 41.7 Å². The zero-order valence-corrected chi connectivity index (χ0v) is 19.8. The summed E-state index contributed by atoms with van der Waals surface area (Å²) >= 11 is 1.68. The van der Waals surface area contributed by atoms with Crippen molar-refractivity contribution in [3.05, 3.63) is 59.0 Å². The normalized spacial score (nSPS) is 18.4. The first kappa shape index (κ1) is 22.6. The molecular weight excluding hydrogens is 418 g/mol. The number of methoxy groups -OCH3 is 1. The van der Waals surface area contributed by atoms with Crippen LogP contribution in [0.5, 0.6) is 11.5 Å². The maximum Gasteiger partial charge on any atom is 0.183 e. The van der Waals surface area contributed by atoms with Gasteiger partial charge in [-0.3, -0.25) is 0 Å². The largest absolute Gasteiger partial charge is 0.507 e. The van der Waals surface area contributed by atoms with Gasteiger partial charge in [0.25, 0.3) is 0 Å². The highest BCUT2D eigenvalue weighted by atomic mass is 32.1. The lowest BCUT2D eigenvalue weighted by atomic mass is 9.84. The predicted molar refractivity (Wildman–Crippen MR) is 133 cm³/mol. The Balaban J connectivity index is 1.15. The molecule has 170 valence electrons. The van der Waals surface area contributed by atoms with Gasteiger partial charge in [0.15, 0.2) is 5.13 Å². The number of aromatic nitrogens is 1. The number of nitrogens with one attached hydrogen (secondary N) is 2. The minimum Gasteiger partial charge on any atom is -0.507 e. The lowest BCUT2D eigenvalue weighted by Crippen LogP contribution is -2.33. The Hall–Kier alpha value is -2.57. The van der Waals surface area contributed by atoms with Crippen molar-refractivity contribution in [2.24, 2.45) is 5.92 Å². The third-order valence-electron chi connectivity index (χ3n) is 6.40. The van der Waals surface area contributed by atoms with Gasteiger partial charge in [0.1, 0.15) is 11.5 Å². The topological polar surface area (TPSA) is 66.4 Å². The smallest absolute Gasteiger partial charge is 0.183 e. The molecule has 1 heterocycles. The van der Waals surface area contributed by atoms with Crippen LogP contribution >= 0.6 is 11.3 Å². The summed E-state index contributed by atoms with van der Waals surface area (Å²) in [5.41, 5.74) is 4.41. The Bertz CT molecular complexity index is 995. The molecule has 0 spiro atoms. The maximum absolute atomic E-state index is 10.1. The second kappa shape index (κ2) is 10.8. The van der Waals surface area contributed by atoms with E-state index in [-0.39, 0.29) is 0 Å². The third kappa shape index (κ3) is 6.02. The number of ether oxygens (including phenoxy) is 1. The molecule has 1 fully saturated rings. The van der Waals surface area contributed by atoms with Crippen LogP contribution in [-0.2, 0) is 6.54 Å². The van der Waals surface area contributed by atoms with E-state index < -0.39 is 0 Å². The molecule has 0 atom stereocenters. The molecule has 1 aliphatic carbocycles. The molecule has 1 aliphatic rings. The fraction of sp³-hybridized carbons (Fsp3) is 0.423. The van der Waals surface area contributed by atoms with E-state index in [0.29, 0.717) is 24.1 Å². The molecule has 2 aromatic carbocycles. The van der Waals surface area contributed by atoms with Crippen molar-refractivity contribution in [1.82, 2.24) is 10.3 Å². The fourth-order valence-electron chi connectivity index (χ4n) is 4.32. The van der Waals surface area contributed by atoms with Gasteiger partial charge in [0.05, 0.1) is 12.8 Å². The van der Waals surface area contributed by atoms with Crippen molar-refractivity contribution < 1.29 is 9.84 Å². The highest BCUT2D eigenvalue weighted by molar-refractivity contribution is 7.14. The number of aromatic hydroxyl groups is 1. The van der Waals surface area contributed by atoms with Crippen LogP contribution in [0, 0.1) is 12.8 Å². The quantitative estimate of drug-likeness (QED) is 0.373. The first-order chi connectivity index (χ1) is 15.6. The Morgan fingerprint density at radius 1 is 1.09 bits per heavy atom. The molecular formula is C26H33N3O2S. The van der Waals surface area contributed by atoms with Gasteiger partial charge in [-0.1, -0.05) is 35.9 Å². The van der Waals surface area contributed by atoms with Crippen LogP contribution in [0.1, 0.15) is 43.2 Å². The van der Waals surface area contributed by atoms with Crippen LogP contribution in [-0.4, -0.2) is 29.8 Å². The number of hydrogen-bond donors (Lipinski definition) is 3. The number of phenolic OH excluding ortho intramolecular Hbond substituents is 1. The molecule has 0 unspecified atom stereocenters. The highest BCUT2D eigenvalue weighted by Gasteiger charge is 2.21. The van der Waals surface area contributed by atoms with E-state index in [4.69, 9.17) is 9.72 Å². The number of aryl methyl sites for hydroxylation is 1. The Kier molecular flexibility index (Phi) is 7.66. The zero-order chi connectivity index (χ0) is 22.3. The van der Waals surface area contributed by atoms with Crippen molar-refractivity contribution in [3.8, 4) is 22.8 Å². The van der Waals surface area contributed by atoms with Crippen LogP contribution in [0.2, 0.25) is 0 Å². The van der Waals surface area contributed by atoms with Gasteiger partial charge >= 0.3 is 0 Å². The number of benzene rings is 2. The molecule has 0 bridgehead atoms. The summed E-state index contributed by atoms with van der Waals surface area (Å²) in [6, 6.07) is 14.6. The van der Waals surface area contributed by atoms with Crippen molar-refractivity contribution in [2.45, 2.75) is 51.6 Å². The van der Waals surface area contributed by atoms with E-state index in [1.165, 1.54) is 43.2 Å². The van der Waals surface area contributed by atoms with E-state index in [9.17, 15) is 5.11 Å². The molecule has 1 saturated carbocycles. The molecule has 3 N–H and O–H groups in total. The second-order valence-electron chi connectivity index (χ2n) is 8.71. The molecule has 0 radical (unpaired) electrons. The number of hydrogen-bond acceptors (Lipinski definition) is 6. The minimum absolute atomic E-state index is 0.296. The van der Waals surface area contributed by atoms with E-state index in [2.05, 4.69) is 47.2 Å². The minimum atomic E-state index is 0.296. The molecule has 0 aliphatic heterocycles. The van der Waals surface area contributed by atoms with E-state index in [1.807, 2.05) is 12.1 Å². The predicted octanol–water partition coefficient (Wildman–Crippen LogP) is 5.98. The Morgan fingerprint density at radius 3 is 2.59 bits per heavy atom. The van der Waals surface area contributed by atoms with E-state index in [0.717, 1.165) is 28.9 Å². The summed E-state index contributed by atoms with van der Waals surface area (Å²) in [4.78, 5) is 4.75. The van der Waals surface area contributed by atoms with Crippen molar-refractivity contribution >= 4 is 16.5 Å². The highest BCUT2D eigenvalue weighted by Crippen LogP contribution is 2.29. The van der Waals surface area contributed by atoms with Crippen LogP contribution in [0.3, 0.4) is 0 Å². The van der Waals surface area contributed by atoms with Crippen LogP contribution in [0.15, 0.2) is 47.8 Å². The Labute approximate surface area is 194 Å². The molecule has 5 nitrogen and oxygen atoms in total. The monoisotopic (exact) mass is 451 g/mol. The molecule has 4 rings (SSSR count). The number of anilines is 1. The molecule has 0 amide bonds. The summed E-state index contributed by atoms with van der Waals surface area (Å²) < 4.78 is 5.15. The van der Waals surface area contributed by atoms with Crippen LogP contribution < -0.4 is 15.4 Å². The molecule has 0 saturated heterocycles. The summed E-state index contributed by atoms with van der Waals surface area (Å²) in [5, 5.41) is 20.4. The number of thiazole rings is 1. The summed E-state index contributed by atoms with van der Waals surface area (Å²) in [5.74, 6) is 1.75.